The normalized spacial score (nSPS) is 14.4. The Morgan fingerprint density at radius 2 is 1.76 bits per heavy atom. The summed E-state index contributed by atoms with van der Waals surface area (Å²) < 4.78 is 79.7. The quantitative estimate of drug-likeness (QED) is 0.283. The van der Waals surface area contributed by atoms with Gasteiger partial charge in [-0.3, -0.25) is 9.59 Å². The van der Waals surface area contributed by atoms with E-state index < -0.39 is 46.4 Å². The second-order valence-electron chi connectivity index (χ2n) is 9.64. The summed E-state index contributed by atoms with van der Waals surface area (Å²) >= 11 is 0. The third-order valence-electron chi connectivity index (χ3n) is 6.34. The molecular weight excluding hydrogens is 567 g/mol. The van der Waals surface area contributed by atoms with E-state index in [4.69, 9.17) is 14.6 Å². The van der Waals surface area contributed by atoms with E-state index in [2.05, 4.69) is 5.10 Å². The van der Waals surface area contributed by atoms with Crippen LogP contribution in [-0.4, -0.2) is 52.8 Å². The molecule has 0 atom stereocenters. The van der Waals surface area contributed by atoms with Crippen LogP contribution in [0.15, 0.2) is 53.4 Å². The number of unbranched alkanes of at least 4 members (excludes halogenated alkanes) is 2. The van der Waals surface area contributed by atoms with Crippen molar-refractivity contribution in [2.45, 2.75) is 56.5 Å². The molecule has 0 radical (unpaired) electrons. The Kier molecular flexibility index (Phi) is 8.61. The Morgan fingerprint density at radius 1 is 1.05 bits per heavy atom. The van der Waals surface area contributed by atoms with Gasteiger partial charge in [-0.15, -0.1) is 0 Å². The van der Waals surface area contributed by atoms with Crippen molar-refractivity contribution in [2.75, 3.05) is 13.3 Å². The number of aromatic nitrogens is 2. The zero-order valence-electron chi connectivity index (χ0n) is 22.2. The fraction of sp³-hybridized carbons (Fsp3) is 0.370. The number of rotatable bonds is 12. The molecular formula is C27H28F3N3O7S. The van der Waals surface area contributed by atoms with E-state index in [9.17, 15) is 31.2 Å². The molecule has 1 aliphatic heterocycles. The predicted molar refractivity (Wildman–Crippen MR) is 140 cm³/mol. The van der Waals surface area contributed by atoms with E-state index in [1.165, 1.54) is 18.2 Å². The Balaban J connectivity index is 1.58. The van der Waals surface area contributed by atoms with Crippen molar-refractivity contribution in [3.05, 3.63) is 65.4 Å². The van der Waals surface area contributed by atoms with E-state index in [0.717, 1.165) is 4.68 Å². The lowest BCUT2D eigenvalue weighted by Gasteiger charge is -2.16. The fourth-order valence-corrected chi connectivity index (χ4v) is 5.76. The molecule has 0 fully saturated rings. The Morgan fingerprint density at radius 3 is 2.39 bits per heavy atom. The van der Waals surface area contributed by atoms with E-state index in [1.807, 2.05) is 0 Å². The summed E-state index contributed by atoms with van der Waals surface area (Å²) in [5, 5.41) is 12.3. The average Bonchev–Trinajstić information content (AvgIpc) is 3.42. The highest BCUT2D eigenvalue weighted by molar-refractivity contribution is 7.90. The predicted octanol–water partition coefficient (Wildman–Crippen LogP) is 5.22. The highest BCUT2D eigenvalue weighted by Gasteiger charge is 2.44. The first-order valence-corrected chi connectivity index (χ1v) is 14.2. The van der Waals surface area contributed by atoms with Gasteiger partial charge in [0, 0.05) is 18.6 Å². The van der Waals surface area contributed by atoms with Crippen LogP contribution in [0.3, 0.4) is 0 Å². The monoisotopic (exact) mass is 595 g/mol. The van der Waals surface area contributed by atoms with Gasteiger partial charge in [-0.1, -0.05) is 32.0 Å². The van der Waals surface area contributed by atoms with E-state index in [1.54, 1.807) is 38.1 Å². The molecule has 1 aromatic heterocycles. The molecule has 0 saturated heterocycles. The number of carbonyl (C=O) groups is 2. The summed E-state index contributed by atoms with van der Waals surface area (Å²) in [6, 6.07) is 11.3. The number of ether oxygens (including phenoxy) is 2. The number of carbonyl (C=O) groups excluding carboxylic acids is 1. The van der Waals surface area contributed by atoms with Crippen molar-refractivity contribution < 1.29 is 45.8 Å². The highest BCUT2D eigenvalue weighted by Crippen LogP contribution is 2.39. The van der Waals surface area contributed by atoms with Crippen molar-refractivity contribution in [3.8, 4) is 17.3 Å². The van der Waals surface area contributed by atoms with Gasteiger partial charge in [0.2, 0.25) is 5.88 Å². The summed E-state index contributed by atoms with van der Waals surface area (Å²) in [4.78, 5) is 23.7. The molecule has 2 heterocycles. The van der Waals surface area contributed by atoms with Crippen LogP contribution in [0.25, 0.3) is 5.69 Å². The van der Waals surface area contributed by atoms with Crippen LogP contribution in [-0.2, 0) is 21.0 Å². The minimum absolute atomic E-state index is 0.0399. The lowest BCUT2D eigenvalue weighted by Crippen LogP contribution is -2.34. The van der Waals surface area contributed by atoms with Gasteiger partial charge in [-0.25, -0.2) is 13.1 Å². The number of fused-ring (bicyclic) bond motifs is 1. The topological polar surface area (TPSA) is 128 Å². The van der Waals surface area contributed by atoms with Gasteiger partial charge in [0.1, 0.15) is 10.6 Å². The van der Waals surface area contributed by atoms with Gasteiger partial charge >= 0.3 is 12.1 Å². The van der Waals surface area contributed by atoms with Crippen LogP contribution in [0.4, 0.5) is 13.2 Å². The average molecular weight is 596 g/mol. The maximum atomic E-state index is 13.5. The SMILES string of the molecule is CC(C)c1cc(OCCCCCC(=O)O)cc2c1C(=O)N(COc1cc(C(F)(F)F)nn1-c1ccccc1)S2(=O)=O. The second-order valence-corrected chi connectivity index (χ2v) is 11.5. The lowest BCUT2D eigenvalue weighted by molar-refractivity contribution is -0.141. The van der Waals surface area contributed by atoms with Gasteiger partial charge in [0.15, 0.2) is 12.4 Å². The van der Waals surface area contributed by atoms with Crippen LogP contribution in [0.2, 0.25) is 0 Å². The molecule has 220 valence electrons. The van der Waals surface area contributed by atoms with Crippen molar-refractivity contribution >= 4 is 21.9 Å². The number of aliphatic carboxylic acids is 1. The first-order chi connectivity index (χ1) is 19.3. The standard InChI is InChI=1S/C27H28F3N3O7S/c1-17(2)20-13-19(39-12-8-4-7-11-24(34)35)14-21-25(20)26(36)32(41(21,37)38)16-40-23-15-22(27(28,29)30)31-33(23)18-9-5-3-6-10-18/h3,5-6,9-10,13-15,17H,4,7-8,11-12,16H2,1-2H3,(H,34,35). The molecule has 2 aromatic carbocycles. The molecule has 0 aliphatic carbocycles. The number of alkyl halides is 3. The summed E-state index contributed by atoms with van der Waals surface area (Å²) in [7, 11) is -4.43. The first kappa shape index (κ1) is 29.9. The minimum atomic E-state index is -4.79. The number of hydrogen-bond acceptors (Lipinski definition) is 7. The van der Waals surface area contributed by atoms with Crippen LogP contribution in [0.1, 0.15) is 67.1 Å². The van der Waals surface area contributed by atoms with Gasteiger partial charge in [-0.2, -0.15) is 22.6 Å². The number of halogens is 3. The van der Waals surface area contributed by atoms with Crippen molar-refractivity contribution in [1.82, 2.24) is 14.1 Å². The molecule has 1 aliphatic rings. The van der Waals surface area contributed by atoms with Crippen LogP contribution in [0.5, 0.6) is 11.6 Å². The third-order valence-corrected chi connectivity index (χ3v) is 8.07. The lowest BCUT2D eigenvalue weighted by atomic mass is 9.96. The molecule has 1 amide bonds. The van der Waals surface area contributed by atoms with Gasteiger partial charge in [-0.05, 0) is 48.9 Å². The number of benzene rings is 2. The van der Waals surface area contributed by atoms with E-state index in [-0.39, 0.29) is 40.8 Å². The van der Waals surface area contributed by atoms with Gasteiger partial charge in [0.25, 0.3) is 15.9 Å². The van der Waals surface area contributed by atoms with Gasteiger partial charge < -0.3 is 14.6 Å². The van der Waals surface area contributed by atoms with Crippen LogP contribution >= 0.6 is 0 Å². The van der Waals surface area contributed by atoms with Crippen LogP contribution in [0, 0.1) is 0 Å². The van der Waals surface area contributed by atoms with E-state index >= 15 is 0 Å². The summed E-state index contributed by atoms with van der Waals surface area (Å²) in [6.45, 7) is 2.88. The van der Waals surface area contributed by atoms with Crippen molar-refractivity contribution in [3.63, 3.8) is 0 Å². The van der Waals surface area contributed by atoms with Crippen molar-refractivity contribution in [1.29, 1.82) is 0 Å². The molecule has 41 heavy (non-hydrogen) atoms. The highest BCUT2D eigenvalue weighted by atomic mass is 32.2. The molecule has 1 N–H and O–H groups in total. The number of nitrogens with zero attached hydrogens (tertiary/aromatic N) is 3. The smallest absolute Gasteiger partial charge is 0.435 e. The number of carboxylic acids is 1. The second kappa shape index (κ2) is 11.8. The maximum Gasteiger partial charge on any atom is 0.435 e. The van der Waals surface area contributed by atoms with Crippen LogP contribution < -0.4 is 9.47 Å². The minimum Gasteiger partial charge on any atom is -0.494 e. The number of amides is 1. The number of hydrogen-bond donors (Lipinski definition) is 1. The molecule has 14 heteroatoms. The first-order valence-electron chi connectivity index (χ1n) is 12.8. The molecule has 10 nitrogen and oxygen atoms in total. The molecule has 4 rings (SSSR count). The molecule has 0 bridgehead atoms. The van der Waals surface area contributed by atoms with Gasteiger partial charge in [0.05, 0.1) is 17.9 Å². The Hall–Kier alpha value is -4.07. The molecule has 3 aromatic rings. The summed E-state index contributed by atoms with van der Waals surface area (Å²) in [6.07, 6.45) is -3.12. The third kappa shape index (κ3) is 6.47. The Bertz CT molecular complexity index is 1540. The fourth-order valence-electron chi connectivity index (χ4n) is 4.29. The summed E-state index contributed by atoms with van der Waals surface area (Å²) in [5.41, 5.74) is -0.635. The van der Waals surface area contributed by atoms with E-state index in [0.29, 0.717) is 35.2 Å². The Labute approximate surface area is 234 Å². The molecule has 0 saturated carbocycles. The zero-order valence-corrected chi connectivity index (χ0v) is 23.0. The molecule has 0 unspecified atom stereocenters. The largest absolute Gasteiger partial charge is 0.494 e. The number of carboxylic acid groups (broad SMARTS) is 1. The number of para-hydroxylation sites is 1. The maximum absolute atomic E-state index is 13.5. The summed E-state index contributed by atoms with van der Waals surface area (Å²) in [5.74, 6) is -2.21. The zero-order chi connectivity index (χ0) is 29.9. The van der Waals surface area contributed by atoms with Crippen molar-refractivity contribution in [2.24, 2.45) is 0 Å². The molecule has 0 spiro atoms. The number of sulfonamides is 1.